The van der Waals surface area contributed by atoms with E-state index in [1.54, 1.807) is 36.4 Å². The maximum absolute atomic E-state index is 9.54. The summed E-state index contributed by atoms with van der Waals surface area (Å²) in [5.41, 5.74) is 0. The Bertz CT molecular complexity index is 839. The van der Waals surface area contributed by atoms with Crippen molar-refractivity contribution >= 4 is 38.4 Å². The number of halogens is 1. The van der Waals surface area contributed by atoms with Gasteiger partial charge < -0.3 is 20.3 Å². The normalized spacial score (nSPS) is 12.2. The van der Waals surface area contributed by atoms with E-state index in [4.69, 9.17) is 9.84 Å². The van der Waals surface area contributed by atoms with Crippen LogP contribution in [0.15, 0.2) is 29.1 Å². The maximum Gasteiger partial charge on any atom is 0.208 e. The molecule has 0 saturated heterocycles. The van der Waals surface area contributed by atoms with Crippen molar-refractivity contribution in [3.8, 4) is 11.5 Å². The lowest BCUT2D eigenvalue weighted by Crippen LogP contribution is -2.04. The van der Waals surface area contributed by atoms with Crippen LogP contribution in [0, 0.1) is 0 Å². The molecular formula is C13H13BrN6O3S. The number of aliphatic hydroxyl groups excluding tert-OH is 2. The molecule has 0 saturated carbocycles. The van der Waals surface area contributed by atoms with Crippen LogP contribution in [0.5, 0.6) is 11.5 Å². The van der Waals surface area contributed by atoms with Gasteiger partial charge in [-0.15, -0.1) is 0 Å². The predicted molar refractivity (Wildman–Crippen MR) is 90.5 cm³/mol. The fourth-order valence-electron chi connectivity index (χ4n) is 1.77. The molecule has 0 aromatic carbocycles. The quantitative estimate of drug-likeness (QED) is 0.562. The molecule has 126 valence electrons. The standard InChI is InChI=1S/C13H13BrN6O3S/c1-20-5-8(4-16-20)23-10-2-7(14)3-15-12(10)18-13-17-11(19-24-13)9(22)6-21/h2-5,9,21-22H,6H2,1H3,(H,15,17,18,19)/t9-/m1/s1. The lowest BCUT2D eigenvalue weighted by molar-refractivity contribution is 0.0897. The van der Waals surface area contributed by atoms with Crippen LogP contribution in [-0.2, 0) is 7.05 Å². The topological polar surface area (TPSA) is 118 Å². The summed E-state index contributed by atoms with van der Waals surface area (Å²) in [5, 5.41) is 25.9. The number of aryl methyl sites for hydroxylation is 1. The van der Waals surface area contributed by atoms with Gasteiger partial charge in [-0.2, -0.15) is 9.47 Å². The first kappa shape index (κ1) is 16.8. The number of nitrogens with one attached hydrogen (secondary N) is 1. The number of ether oxygens (including phenoxy) is 1. The summed E-state index contributed by atoms with van der Waals surface area (Å²) < 4.78 is 12.1. The van der Waals surface area contributed by atoms with Crippen LogP contribution in [0.25, 0.3) is 0 Å². The minimum Gasteiger partial charge on any atom is -0.450 e. The van der Waals surface area contributed by atoms with Crippen molar-refractivity contribution in [1.82, 2.24) is 24.1 Å². The van der Waals surface area contributed by atoms with Gasteiger partial charge in [0.25, 0.3) is 0 Å². The highest BCUT2D eigenvalue weighted by atomic mass is 79.9. The SMILES string of the molecule is Cn1cc(Oc2cc(Br)cnc2Nc2nc([C@H](O)CO)ns2)cn1. The molecule has 0 fully saturated rings. The maximum atomic E-state index is 9.54. The molecule has 0 radical (unpaired) electrons. The third-order valence-electron chi connectivity index (χ3n) is 2.87. The molecule has 3 N–H and O–H groups in total. The fraction of sp³-hybridized carbons (Fsp3) is 0.231. The Morgan fingerprint density at radius 3 is 3.00 bits per heavy atom. The van der Waals surface area contributed by atoms with E-state index in [-0.39, 0.29) is 5.82 Å². The van der Waals surface area contributed by atoms with Crippen molar-refractivity contribution in [2.45, 2.75) is 6.10 Å². The van der Waals surface area contributed by atoms with Crippen LogP contribution in [-0.4, -0.2) is 40.9 Å². The Hall–Kier alpha value is -2.08. The highest BCUT2D eigenvalue weighted by Gasteiger charge is 2.15. The Kier molecular flexibility index (Phi) is 5.04. The van der Waals surface area contributed by atoms with E-state index in [9.17, 15) is 5.11 Å². The Labute approximate surface area is 149 Å². The summed E-state index contributed by atoms with van der Waals surface area (Å²) in [7, 11) is 1.79. The number of rotatable bonds is 6. The number of anilines is 2. The van der Waals surface area contributed by atoms with Gasteiger partial charge in [0, 0.05) is 35.3 Å². The molecule has 0 bridgehead atoms. The molecular weight excluding hydrogens is 400 g/mol. The van der Waals surface area contributed by atoms with Crippen molar-refractivity contribution in [3.63, 3.8) is 0 Å². The van der Waals surface area contributed by atoms with Crippen molar-refractivity contribution in [3.05, 3.63) is 35.0 Å². The zero-order valence-corrected chi connectivity index (χ0v) is 14.8. The van der Waals surface area contributed by atoms with Crippen molar-refractivity contribution in [2.24, 2.45) is 7.05 Å². The fourth-order valence-corrected chi connectivity index (χ4v) is 2.70. The summed E-state index contributed by atoms with van der Waals surface area (Å²) in [6.07, 6.45) is 3.82. The van der Waals surface area contributed by atoms with Crippen LogP contribution < -0.4 is 10.1 Å². The number of hydrogen-bond donors (Lipinski definition) is 3. The molecule has 24 heavy (non-hydrogen) atoms. The average molecular weight is 413 g/mol. The van der Waals surface area contributed by atoms with E-state index in [1.165, 1.54) is 0 Å². The minimum atomic E-state index is -1.11. The van der Waals surface area contributed by atoms with Gasteiger partial charge >= 0.3 is 0 Å². The van der Waals surface area contributed by atoms with E-state index < -0.39 is 12.7 Å². The van der Waals surface area contributed by atoms with Crippen molar-refractivity contribution in [2.75, 3.05) is 11.9 Å². The largest absolute Gasteiger partial charge is 0.450 e. The van der Waals surface area contributed by atoms with Gasteiger partial charge in [-0.05, 0) is 15.9 Å². The summed E-state index contributed by atoms with van der Waals surface area (Å²) >= 11 is 4.40. The number of pyridine rings is 1. The summed E-state index contributed by atoms with van der Waals surface area (Å²) in [6, 6.07) is 1.76. The molecule has 3 aromatic heterocycles. The molecule has 0 amide bonds. The van der Waals surface area contributed by atoms with Gasteiger partial charge in [-0.1, -0.05) is 0 Å². The molecule has 3 heterocycles. The van der Waals surface area contributed by atoms with Crippen LogP contribution in [0.1, 0.15) is 11.9 Å². The molecule has 1 atom stereocenters. The van der Waals surface area contributed by atoms with Gasteiger partial charge in [0.2, 0.25) is 5.13 Å². The second-order valence-corrected chi connectivity index (χ2v) is 6.40. The number of aliphatic hydroxyl groups is 2. The van der Waals surface area contributed by atoms with Gasteiger partial charge in [0.15, 0.2) is 23.1 Å². The molecule has 3 aromatic rings. The predicted octanol–water partition coefficient (Wildman–Crippen LogP) is 1.99. The van der Waals surface area contributed by atoms with Gasteiger partial charge in [0.1, 0.15) is 6.10 Å². The van der Waals surface area contributed by atoms with E-state index >= 15 is 0 Å². The Balaban J connectivity index is 1.83. The zero-order valence-electron chi connectivity index (χ0n) is 12.4. The van der Waals surface area contributed by atoms with Crippen molar-refractivity contribution < 1.29 is 14.9 Å². The second kappa shape index (κ2) is 7.21. The number of nitrogens with zero attached hydrogens (tertiary/aromatic N) is 5. The summed E-state index contributed by atoms with van der Waals surface area (Å²) in [6.45, 7) is -0.442. The van der Waals surface area contributed by atoms with Gasteiger partial charge in [0.05, 0.1) is 19.0 Å². The number of aromatic nitrogens is 5. The average Bonchev–Trinajstić information content (AvgIpc) is 3.18. The molecule has 9 nitrogen and oxygen atoms in total. The second-order valence-electron chi connectivity index (χ2n) is 4.73. The lowest BCUT2D eigenvalue weighted by atomic mass is 10.4. The van der Waals surface area contributed by atoms with E-state index in [1.807, 2.05) is 0 Å². The van der Waals surface area contributed by atoms with Gasteiger partial charge in [-0.3, -0.25) is 4.68 Å². The molecule has 0 aliphatic rings. The molecule has 0 aliphatic carbocycles. The van der Waals surface area contributed by atoms with Crippen LogP contribution in [0.2, 0.25) is 0 Å². The first-order valence-corrected chi connectivity index (χ1v) is 8.33. The molecule has 3 rings (SSSR count). The van der Waals surface area contributed by atoms with E-state index in [0.717, 1.165) is 16.0 Å². The Morgan fingerprint density at radius 1 is 1.46 bits per heavy atom. The molecule has 11 heteroatoms. The van der Waals surface area contributed by atoms with Crippen LogP contribution >= 0.6 is 27.5 Å². The summed E-state index contributed by atoms with van der Waals surface area (Å²) in [4.78, 5) is 8.38. The highest BCUT2D eigenvalue weighted by Crippen LogP contribution is 2.32. The van der Waals surface area contributed by atoms with Crippen LogP contribution in [0.3, 0.4) is 0 Å². The third-order valence-corrected chi connectivity index (χ3v) is 3.94. The lowest BCUT2D eigenvalue weighted by Gasteiger charge is -2.09. The monoisotopic (exact) mass is 412 g/mol. The molecule has 0 unspecified atom stereocenters. The van der Waals surface area contributed by atoms with Crippen LogP contribution in [0.4, 0.5) is 10.9 Å². The first-order chi connectivity index (χ1) is 11.5. The minimum absolute atomic E-state index is 0.150. The smallest absolute Gasteiger partial charge is 0.208 e. The Morgan fingerprint density at radius 2 is 2.29 bits per heavy atom. The zero-order chi connectivity index (χ0) is 17.1. The van der Waals surface area contributed by atoms with E-state index in [2.05, 4.69) is 40.7 Å². The highest BCUT2D eigenvalue weighted by molar-refractivity contribution is 9.10. The van der Waals surface area contributed by atoms with Crippen molar-refractivity contribution in [1.29, 1.82) is 0 Å². The molecule has 0 spiro atoms. The summed E-state index contributed by atoms with van der Waals surface area (Å²) in [5.74, 6) is 1.62. The third kappa shape index (κ3) is 3.87. The number of hydrogen-bond acceptors (Lipinski definition) is 9. The molecule has 0 aliphatic heterocycles. The van der Waals surface area contributed by atoms with Gasteiger partial charge in [-0.25, -0.2) is 9.97 Å². The first-order valence-electron chi connectivity index (χ1n) is 6.76. The van der Waals surface area contributed by atoms with E-state index in [0.29, 0.717) is 22.4 Å².